The molecule has 6 nitrogen and oxygen atoms in total. The maximum absolute atomic E-state index is 13.1. The van der Waals surface area contributed by atoms with Crippen LogP contribution in [0, 0.1) is 0 Å². The average Bonchev–Trinajstić information content (AvgIpc) is 2.72. The van der Waals surface area contributed by atoms with Crippen molar-refractivity contribution in [3.63, 3.8) is 0 Å². The summed E-state index contributed by atoms with van der Waals surface area (Å²) >= 11 is 0. The number of amides is 1. The van der Waals surface area contributed by atoms with Crippen LogP contribution in [0.15, 0.2) is 53.7 Å². The standard InChI is InChI=1S/C23H23NO5/c1-28-20-8-5-14(11-21(20)29-2)15-9-18-23(19(26)10-15)17(12-22(27)24-18)13-3-6-16(25)7-4-13/h3-8,11,15,17,25H,9-10,12H2,1-2H3,(H,24,27)/t15-,17+/m0/s1. The van der Waals surface area contributed by atoms with E-state index in [-0.39, 0.29) is 35.7 Å². The third kappa shape index (κ3) is 3.58. The molecule has 4 rings (SSSR count). The lowest BCUT2D eigenvalue weighted by molar-refractivity contribution is -0.122. The summed E-state index contributed by atoms with van der Waals surface area (Å²) in [4.78, 5) is 25.5. The van der Waals surface area contributed by atoms with Crippen LogP contribution in [0.2, 0.25) is 0 Å². The van der Waals surface area contributed by atoms with Gasteiger partial charge in [0.2, 0.25) is 5.91 Å². The minimum absolute atomic E-state index is 0.0417. The molecule has 0 bridgehead atoms. The molecule has 2 N–H and O–H groups in total. The summed E-state index contributed by atoms with van der Waals surface area (Å²) in [7, 11) is 3.16. The monoisotopic (exact) mass is 393 g/mol. The van der Waals surface area contributed by atoms with Gasteiger partial charge in [-0.1, -0.05) is 18.2 Å². The highest BCUT2D eigenvalue weighted by atomic mass is 16.5. The Balaban J connectivity index is 1.68. The average molecular weight is 393 g/mol. The first kappa shape index (κ1) is 19.1. The van der Waals surface area contributed by atoms with Crippen LogP contribution in [-0.2, 0) is 9.59 Å². The molecule has 2 aromatic carbocycles. The second-order valence-electron chi connectivity index (χ2n) is 7.43. The Morgan fingerprint density at radius 2 is 1.59 bits per heavy atom. The van der Waals surface area contributed by atoms with E-state index < -0.39 is 0 Å². The van der Waals surface area contributed by atoms with Crippen LogP contribution in [0.25, 0.3) is 0 Å². The first-order valence-corrected chi connectivity index (χ1v) is 9.57. The molecule has 2 aromatic rings. The van der Waals surface area contributed by atoms with E-state index >= 15 is 0 Å². The zero-order valence-electron chi connectivity index (χ0n) is 16.4. The summed E-state index contributed by atoms with van der Waals surface area (Å²) < 4.78 is 10.7. The number of hydrogen-bond acceptors (Lipinski definition) is 5. The van der Waals surface area contributed by atoms with Gasteiger partial charge in [-0.25, -0.2) is 0 Å². The van der Waals surface area contributed by atoms with Crippen molar-refractivity contribution < 1.29 is 24.2 Å². The van der Waals surface area contributed by atoms with E-state index in [1.807, 2.05) is 18.2 Å². The van der Waals surface area contributed by atoms with E-state index in [9.17, 15) is 14.7 Å². The van der Waals surface area contributed by atoms with Crippen molar-refractivity contribution in [2.75, 3.05) is 14.2 Å². The van der Waals surface area contributed by atoms with Gasteiger partial charge in [-0.15, -0.1) is 0 Å². The summed E-state index contributed by atoms with van der Waals surface area (Å²) in [5.41, 5.74) is 3.23. The van der Waals surface area contributed by atoms with Crippen molar-refractivity contribution in [1.82, 2.24) is 5.32 Å². The van der Waals surface area contributed by atoms with E-state index in [1.165, 1.54) is 0 Å². The molecule has 6 heteroatoms. The number of phenols is 1. The zero-order chi connectivity index (χ0) is 20.5. The Labute approximate surface area is 169 Å². The SMILES string of the molecule is COc1ccc([C@@H]2CC(=O)C3=C(C2)NC(=O)C[C@@H]3c2ccc(O)cc2)cc1OC. The molecule has 0 saturated carbocycles. The zero-order valence-corrected chi connectivity index (χ0v) is 16.4. The summed E-state index contributed by atoms with van der Waals surface area (Å²) in [6.07, 6.45) is 1.19. The maximum Gasteiger partial charge on any atom is 0.225 e. The van der Waals surface area contributed by atoms with Crippen LogP contribution in [0.5, 0.6) is 17.2 Å². The molecule has 1 aliphatic heterocycles. The predicted molar refractivity (Wildman–Crippen MR) is 107 cm³/mol. The Kier molecular flexibility index (Phi) is 5.01. The van der Waals surface area contributed by atoms with E-state index in [4.69, 9.17) is 9.47 Å². The van der Waals surface area contributed by atoms with Crippen molar-refractivity contribution in [1.29, 1.82) is 0 Å². The fourth-order valence-corrected chi connectivity index (χ4v) is 4.29. The summed E-state index contributed by atoms with van der Waals surface area (Å²) in [6.45, 7) is 0. The lowest BCUT2D eigenvalue weighted by Gasteiger charge is -2.34. The molecule has 1 aliphatic carbocycles. The molecule has 0 unspecified atom stereocenters. The fourth-order valence-electron chi connectivity index (χ4n) is 4.29. The topological polar surface area (TPSA) is 84.9 Å². The molecule has 1 heterocycles. The van der Waals surface area contributed by atoms with Crippen molar-refractivity contribution in [3.8, 4) is 17.2 Å². The highest BCUT2D eigenvalue weighted by Gasteiger charge is 2.38. The van der Waals surface area contributed by atoms with Crippen molar-refractivity contribution in [3.05, 3.63) is 64.9 Å². The number of carbonyl (C=O) groups excluding carboxylic acids is 2. The Hall–Kier alpha value is -3.28. The summed E-state index contributed by atoms with van der Waals surface area (Å²) in [5.74, 6) is 1.04. The number of ether oxygens (including phenoxy) is 2. The molecule has 1 amide bonds. The predicted octanol–water partition coefficient (Wildman–Crippen LogP) is 3.41. The molecule has 0 radical (unpaired) electrons. The van der Waals surface area contributed by atoms with E-state index in [1.54, 1.807) is 38.5 Å². The van der Waals surface area contributed by atoms with Crippen LogP contribution >= 0.6 is 0 Å². The normalized spacial score (nSPS) is 21.4. The van der Waals surface area contributed by atoms with Gasteiger partial charge in [0.25, 0.3) is 0 Å². The number of methoxy groups -OCH3 is 2. The Bertz CT molecular complexity index is 993. The molecule has 2 atom stereocenters. The Morgan fingerprint density at radius 3 is 2.28 bits per heavy atom. The fraction of sp³-hybridized carbons (Fsp3) is 0.304. The van der Waals surface area contributed by atoms with E-state index in [0.29, 0.717) is 35.6 Å². The van der Waals surface area contributed by atoms with Crippen LogP contribution in [0.3, 0.4) is 0 Å². The molecule has 29 heavy (non-hydrogen) atoms. The minimum atomic E-state index is -0.279. The van der Waals surface area contributed by atoms with Crippen LogP contribution in [-0.4, -0.2) is 31.0 Å². The van der Waals surface area contributed by atoms with Gasteiger partial charge in [0.15, 0.2) is 17.3 Å². The maximum atomic E-state index is 13.1. The second-order valence-corrected chi connectivity index (χ2v) is 7.43. The van der Waals surface area contributed by atoms with Crippen LogP contribution in [0.1, 0.15) is 42.2 Å². The second kappa shape index (κ2) is 7.62. The lowest BCUT2D eigenvalue weighted by atomic mass is 9.73. The number of phenolic OH excluding ortho intramolecular Hbond substituents is 1. The molecular weight excluding hydrogens is 370 g/mol. The number of aromatic hydroxyl groups is 1. The number of rotatable bonds is 4. The van der Waals surface area contributed by atoms with E-state index in [2.05, 4.69) is 5.32 Å². The molecule has 0 aromatic heterocycles. The van der Waals surface area contributed by atoms with Gasteiger partial charge in [0.05, 0.1) is 14.2 Å². The first-order chi connectivity index (χ1) is 14.0. The van der Waals surface area contributed by atoms with Crippen molar-refractivity contribution in [2.45, 2.75) is 31.1 Å². The molecular formula is C23H23NO5. The number of benzene rings is 2. The van der Waals surface area contributed by atoms with Gasteiger partial charge in [-0.05, 0) is 47.7 Å². The number of allylic oxidation sites excluding steroid dienone is 2. The highest BCUT2D eigenvalue weighted by Crippen LogP contribution is 2.43. The number of Topliss-reactive ketones (excluding diaryl/α,β-unsaturated/α-hetero) is 1. The van der Waals surface area contributed by atoms with Gasteiger partial charge in [-0.3, -0.25) is 9.59 Å². The molecule has 2 aliphatic rings. The van der Waals surface area contributed by atoms with Gasteiger partial charge in [0.1, 0.15) is 5.75 Å². The third-order valence-corrected chi connectivity index (χ3v) is 5.71. The number of ketones is 1. The number of carbonyl (C=O) groups is 2. The third-order valence-electron chi connectivity index (χ3n) is 5.71. The minimum Gasteiger partial charge on any atom is -0.508 e. The molecule has 0 fully saturated rings. The molecule has 150 valence electrons. The Morgan fingerprint density at radius 1 is 0.897 bits per heavy atom. The molecule has 0 spiro atoms. The summed E-state index contributed by atoms with van der Waals surface area (Å²) in [6, 6.07) is 12.4. The highest BCUT2D eigenvalue weighted by molar-refractivity contribution is 6.02. The lowest BCUT2D eigenvalue weighted by Crippen LogP contribution is -2.38. The van der Waals surface area contributed by atoms with Gasteiger partial charge >= 0.3 is 0 Å². The first-order valence-electron chi connectivity index (χ1n) is 9.57. The smallest absolute Gasteiger partial charge is 0.225 e. The number of nitrogens with one attached hydrogen (secondary N) is 1. The van der Waals surface area contributed by atoms with Gasteiger partial charge in [0, 0.05) is 30.0 Å². The van der Waals surface area contributed by atoms with Crippen LogP contribution < -0.4 is 14.8 Å². The van der Waals surface area contributed by atoms with Gasteiger partial charge < -0.3 is 19.9 Å². The number of hydrogen-bond donors (Lipinski definition) is 2. The quantitative estimate of drug-likeness (QED) is 0.832. The summed E-state index contributed by atoms with van der Waals surface area (Å²) in [5, 5.41) is 12.5. The van der Waals surface area contributed by atoms with Crippen molar-refractivity contribution in [2.24, 2.45) is 0 Å². The largest absolute Gasteiger partial charge is 0.508 e. The van der Waals surface area contributed by atoms with Crippen molar-refractivity contribution >= 4 is 11.7 Å². The van der Waals surface area contributed by atoms with Crippen LogP contribution in [0.4, 0.5) is 0 Å². The van der Waals surface area contributed by atoms with Gasteiger partial charge in [-0.2, -0.15) is 0 Å². The van der Waals surface area contributed by atoms with E-state index in [0.717, 1.165) is 11.1 Å². The molecule has 0 saturated heterocycles.